The molecule has 4 nitrogen and oxygen atoms in total. The topological polar surface area (TPSA) is 55.4 Å². The summed E-state index contributed by atoms with van der Waals surface area (Å²) < 4.78 is 34.1. The van der Waals surface area contributed by atoms with Gasteiger partial charge in [-0.05, 0) is 60.0 Å². The average molecular weight is 398 g/mol. The molecule has 2 aromatic rings. The number of hydrogen-bond donors (Lipinski definition) is 1. The van der Waals surface area contributed by atoms with Gasteiger partial charge in [-0.25, -0.2) is 8.42 Å². The molecule has 0 amide bonds. The number of ether oxygens (including phenoxy) is 1. The van der Waals surface area contributed by atoms with Gasteiger partial charge in [-0.2, -0.15) is 0 Å². The monoisotopic (exact) mass is 397 g/mol. The summed E-state index contributed by atoms with van der Waals surface area (Å²) in [7, 11) is -3.66. The molecule has 0 unspecified atom stereocenters. The van der Waals surface area contributed by atoms with Crippen LogP contribution in [-0.4, -0.2) is 15.0 Å². The zero-order chi connectivity index (χ0) is 17.0. The highest BCUT2D eigenvalue weighted by molar-refractivity contribution is 9.10. The Morgan fingerprint density at radius 1 is 1.13 bits per heavy atom. The van der Waals surface area contributed by atoms with Crippen LogP contribution in [0.25, 0.3) is 0 Å². The van der Waals surface area contributed by atoms with Crippen molar-refractivity contribution >= 4 is 31.6 Å². The van der Waals surface area contributed by atoms with Gasteiger partial charge in [-0.1, -0.05) is 24.6 Å². The van der Waals surface area contributed by atoms with Crippen molar-refractivity contribution in [1.29, 1.82) is 0 Å². The van der Waals surface area contributed by atoms with Crippen molar-refractivity contribution < 1.29 is 13.2 Å². The molecule has 0 spiro atoms. The summed E-state index contributed by atoms with van der Waals surface area (Å²) in [6.07, 6.45) is 0.851. The van der Waals surface area contributed by atoms with E-state index < -0.39 is 10.0 Å². The molecule has 0 aliphatic rings. The van der Waals surface area contributed by atoms with Crippen molar-refractivity contribution in [3.63, 3.8) is 0 Å². The Balaban J connectivity index is 2.32. The Morgan fingerprint density at radius 2 is 1.87 bits per heavy atom. The Kier molecular flexibility index (Phi) is 5.70. The smallest absolute Gasteiger partial charge is 0.262 e. The second-order valence-corrected chi connectivity index (χ2v) is 7.90. The van der Waals surface area contributed by atoms with E-state index in [0.717, 1.165) is 22.0 Å². The molecule has 0 heterocycles. The lowest BCUT2D eigenvalue weighted by atomic mass is 10.1. The fraction of sp³-hybridized carbons (Fsp3) is 0.294. The first-order chi connectivity index (χ1) is 10.8. The SMILES string of the molecule is CCCOc1cc(S(=O)(=O)Nc2ccc(C)cc2C)ccc1Br. The van der Waals surface area contributed by atoms with Gasteiger partial charge in [0.1, 0.15) is 5.75 Å². The van der Waals surface area contributed by atoms with Crippen LogP contribution in [0.4, 0.5) is 5.69 Å². The second-order valence-electron chi connectivity index (χ2n) is 5.36. The fourth-order valence-electron chi connectivity index (χ4n) is 2.11. The summed E-state index contributed by atoms with van der Waals surface area (Å²) in [4.78, 5) is 0.173. The summed E-state index contributed by atoms with van der Waals surface area (Å²) in [6, 6.07) is 10.4. The van der Waals surface area contributed by atoms with E-state index in [0.29, 0.717) is 18.0 Å². The van der Waals surface area contributed by atoms with E-state index in [-0.39, 0.29) is 4.90 Å². The maximum Gasteiger partial charge on any atom is 0.262 e. The number of anilines is 1. The number of halogens is 1. The van der Waals surface area contributed by atoms with E-state index in [2.05, 4.69) is 20.7 Å². The molecule has 0 radical (unpaired) electrons. The summed E-state index contributed by atoms with van der Waals surface area (Å²) in [5.74, 6) is 0.523. The Hall–Kier alpha value is -1.53. The van der Waals surface area contributed by atoms with Gasteiger partial charge in [0, 0.05) is 6.07 Å². The molecule has 0 saturated heterocycles. The van der Waals surface area contributed by atoms with Crippen molar-refractivity contribution in [3.8, 4) is 5.75 Å². The lowest BCUT2D eigenvalue weighted by molar-refractivity contribution is 0.314. The van der Waals surface area contributed by atoms with Gasteiger partial charge in [-0.3, -0.25) is 4.72 Å². The first-order valence-corrected chi connectivity index (χ1v) is 9.63. The van der Waals surface area contributed by atoms with Gasteiger partial charge in [0.15, 0.2) is 0 Å². The largest absolute Gasteiger partial charge is 0.492 e. The molecule has 0 aliphatic carbocycles. The molecular weight excluding hydrogens is 378 g/mol. The highest BCUT2D eigenvalue weighted by Gasteiger charge is 2.17. The first kappa shape index (κ1) is 17.8. The lowest BCUT2D eigenvalue weighted by Gasteiger charge is -2.13. The van der Waals surface area contributed by atoms with Gasteiger partial charge in [0.25, 0.3) is 10.0 Å². The van der Waals surface area contributed by atoms with Gasteiger partial charge in [0.05, 0.1) is 21.7 Å². The van der Waals surface area contributed by atoms with Crippen LogP contribution < -0.4 is 9.46 Å². The van der Waals surface area contributed by atoms with Crippen LogP contribution in [0, 0.1) is 13.8 Å². The predicted molar refractivity (Wildman–Crippen MR) is 96.7 cm³/mol. The minimum absolute atomic E-state index is 0.173. The maximum absolute atomic E-state index is 12.6. The van der Waals surface area contributed by atoms with E-state index >= 15 is 0 Å². The maximum atomic E-state index is 12.6. The minimum atomic E-state index is -3.66. The number of aryl methyl sites for hydroxylation is 2. The van der Waals surface area contributed by atoms with Crippen LogP contribution in [0.2, 0.25) is 0 Å². The third kappa shape index (κ3) is 4.48. The first-order valence-electron chi connectivity index (χ1n) is 7.36. The van der Waals surface area contributed by atoms with Crippen LogP contribution in [-0.2, 0) is 10.0 Å². The minimum Gasteiger partial charge on any atom is -0.492 e. The predicted octanol–water partition coefficient (Wildman–Crippen LogP) is 4.66. The number of hydrogen-bond acceptors (Lipinski definition) is 3. The van der Waals surface area contributed by atoms with Gasteiger partial charge >= 0.3 is 0 Å². The highest BCUT2D eigenvalue weighted by atomic mass is 79.9. The quantitative estimate of drug-likeness (QED) is 0.770. The van der Waals surface area contributed by atoms with Crippen LogP contribution in [0.3, 0.4) is 0 Å². The van der Waals surface area contributed by atoms with Crippen LogP contribution in [0.5, 0.6) is 5.75 Å². The number of rotatable bonds is 6. The van der Waals surface area contributed by atoms with Crippen molar-refractivity contribution in [1.82, 2.24) is 0 Å². The molecule has 23 heavy (non-hydrogen) atoms. The molecule has 124 valence electrons. The van der Waals surface area contributed by atoms with Gasteiger partial charge in [-0.15, -0.1) is 0 Å². The fourth-order valence-corrected chi connectivity index (χ4v) is 3.61. The lowest BCUT2D eigenvalue weighted by Crippen LogP contribution is -2.14. The molecule has 2 aromatic carbocycles. The number of nitrogens with one attached hydrogen (secondary N) is 1. The zero-order valence-corrected chi connectivity index (χ0v) is 15.8. The van der Waals surface area contributed by atoms with Crippen LogP contribution in [0.1, 0.15) is 24.5 Å². The molecule has 0 aromatic heterocycles. The molecule has 0 fully saturated rings. The summed E-state index contributed by atoms with van der Waals surface area (Å²) >= 11 is 3.37. The summed E-state index contributed by atoms with van der Waals surface area (Å²) in [5, 5.41) is 0. The third-order valence-electron chi connectivity index (χ3n) is 3.30. The third-order valence-corrected chi connectivity index (χ3v) is 5.32. The van der Waals surface area contributed by atoms with Crippen LogP contribution >= 0.6 is 15.9 Å². The van der Waals surface area contributed by atoms with Gasteiger partial charge in [0.2, 0.25) is 0 Å². The zero-order valence-electron chi connectivity index (χ0n) is 13.4. The molecule has 0 aliphatic heterocycles. The van der Waals surface area contributed by atoms with Crippen molar-refractivity contribution in [2.75, 3.05) is 11.3 Å². The molecule has 2 rings (SSSR count). The van der Waals surface area contributed by atoms with E-state index in [1.807, 2.05) is 32.9 Å². The normalized spacial score (nSPS) is 11.3. The average Bonchev–Trinajstić information content (AvgIpc) is 2.49. The molecule has 0 saturated carbocycles. The molecular formula is C17H20BrNO3S. The standard InChI is InChI=1S/C17H20BrNO3S/c1-4-9-22-17-11-14(6-7-15(17)18)23(20,21)19-16-8-5-12(2)10-13(16)3/h5-8,10-11,19H,4,9H2,1-3H3. The molecule has 1 N–H and O–H groups in total. The summed E-state index contributed by atoms with van der Waals surface area (Å²) in [5.41, 5.74) is 2.55. The van der Waals surface area contributed by atoms with E-state index in [9.17, 15) is 8.42 Å². The van der Waals surface area contributed by atoms with Crippen molar-refractivity contribution in [3.05, 3.63) is 52.0 Å². The van der Waals surface area contributed by atoms with E-state index in [1.165, 1.54) is 6.07 Å². The molecule has 0 bridgehead atoms. The summed E-state index contributed by atoms with van der Waals surface area (Å²) in [6.45, 7) is 6.38. The Labute approximate surface area is 146 Å². The van der Waals surface area contributed by atoms with Crippen molar-refractivity contribution in [2.24, 2.45) is 0 Å². The van der Waals surface area contributed by atoms with Crippen molar-refractivity contribution in [2.45, 2.75) is 32.1 Å². The van der Waals surface area contributed by atoms with E-state index in [1.54, 1.807) is 18.2 Å². The molecule has 6 heteroatoms. The van der Waals surface area contributed by atoms with Crippen LogP contribution in [0.15, 0.2) is 45.8 Å². The molecule has 0 atom stereocenters. The number of benzene rings is 2. The Bertz CT molecular complexity index is 803. The van der Waals surface area contributed by atoms with E-state index in [4.69, 9.17) is 4.74 Å². The highest BCUT2D eigenvalue weighted by Crippen LogP contribution is 2.29. The van der Waals surface area contributed by atoms with Gasteiger partial charge < -0.3 is 4.74 Å². The second kappa shape index (κ2) is 7.36. The Morgan fingerprint density at radius 3 is 2.52 bits per heavy atom. The number of sulfonamides is 1.